The molecule has 1 N–H and O–H groups in total. The summed E-state index contributed by atoms with van der Waals surface area (Å²) < 4.78 is 45.4. The highest BCUT2D eigenvalue weighted by atomic mass is 35.5. The summed E-state index contributed by atoms with van der Waals surface area (Å²) in [5.74, 6) is 0. The summed E-state index contributed by atoms with van der Waals surface area (Å²) in [6.45, 7) is 6.66. The minimum atomic E-state index is -4.36. The van der Waals surface area contributed by atoms with Crippen LogP contribution in [0.4, 0.5) is 13.2 Å². The lowest BCUT2D eigenvalue weighted by atomic mass is 9.94. The van der Waals surface area contributed by atoms with Crippen LogP contribution in [0.15, 0.2) is 58.3 Å². The molecule has 0 amide bonds. The number of hydrogen-bond donors (Lipinski definition) is 1. The number of fused-ring (bicyclic) bond motifs is 2. The van der Waals surface area contributed by atoms with Crippen LogP contribution in [0, 0.1) is 0 Å². The molecule has 194 valence electrons. The van der Waals surface area contributed by atoms with E-state index in [2.05, 4.69) is 15.9 Å². The molecule has 0 aromatic heterocycles. The van der Waals surface area contributed by atoms with Crippen molar-refractivity contribution in [3.8, 4) is 0 Å². The van der Waals surface area contributed by atoms with Crippen molar-refractivity contribution in [1.82, 2.24) is 9.80 Å². The fourth-order valence-electron chi connectivity index (χ4n) is 4.26. The zero-order valence-corrected chi connectivity index (χ0v) is 21.7. The Bertz CT molecular complexity index is 983. The summed E-state index contributed by atoms with van der Waals surface area (Å²) in [6.07, 6.45) is -1.47. The molecule has 2 aliphatic heterocycles. The summed E-state index contributed by atoms with van der Waals surface area (Å²) >= 11 is 1.53. The van der Waals surface area contributed by atoms with Crippen LogP contribution in [0.1, 0.15) is 23.1 Å². The average Bonchev–Trinajstić information content (AvgIpc) is 2.81. The Morgan fingerprint density at radius 1 is 0.886 bits per heavy atom. The number of nitrogens with zero attached hydrogens (tertiary/aromatic N) is 2. The first kappa shape index (κ1) is 30.0. The van der Waals surface area contributed by atoms with E-state index < -0.39 is 11.7 Å². The number of halogens is 5. The van der Waals surface area contributed by atoms with Crippen molar-refractivity contribution in [2.75, 3.05) is 59.1 Å². The van der Waals surface area contributed by atoms with Crippen LogP contribution in [-0.4, -0.2) is 74.0 Å². The van der Waals surface area contributed by atoms with Gasteiger partial charge in [0.05, 0.1) is 25.4 Å². The molecule has 4 rings (SSSR count). The van der Waals surface area contributed by atoms with E-state index in [1.165, 1.54) is 23.9 Å². The van der Waals surface area contributed by atoms with E-state index in [0.29, 0.717) is 18.8 Å². The Labute approximate surface area is 221 Å². The first-order valence-electron chi connectivity index (χ1n) is 11.3. The van der Waals surface area contributed by atoms with Crippen molar-refractivity contribution in [1.29, 1.82) is 0 Å². The van der Waals surface area contributed by atoms with Crippen LogP contribution in [0.3, 0.4) is 0 Å². The van der Waals surface area contributed by atoms with Crippen LogP contribution in [0.25, 0.3) is 5.57 Å². The van der Waals surface area contributed by atoms with E-state index >= 15 is 0 Å². The number of hydrogen-bond acceptors (Lipinski definition) is 5. The van der Waals surface area contributed by atoms with Gasteiger partial charge in [-0.2, -0.15) is 13.2 Å². The second-order valence-electron chi connectivity index (χ2n) is 8.23. The van der Waals surface area contributed by atoms with Crippen molar-refractivity contribution in [3.05, 3.63) is 65.2 Å². The van der Waals surface area contributed by atoms with Crippen molar-refractivity contribution in [2.45, 2.75) is 22.4 Å². The molecule has 2 aliphatic rings. The van der Waals surface area contributed by atoms with Gasteiger partial charge in [-0.05, 0) is 47.4 Å². The van der Waals surface area contributed by atoms with Gasteiger partial charge in [-0.15, -0.1) is 24.8 Å². The number of rotatable bonds is 8. The third-order valence-electron chi connectivity index (χ3n) is 6.04. The van der Waals surface area contributed by atoms with Gasteiger partial charge < -0.3 is 14.7 Å². The van der Waals surface area contributed by atoms with Gasteiger partial charge in [0.2, 0.25) is 0 Å². The Balaban J connectivity index is 0.00000216. The van der Waals surface area contributed by atoms with Gasteiger partial charge in [-0.1, -0.05) is 36.0 Å². The van der Waals surface area contributed by atoms with Crippen molar-refractivity contribution in [2.24, 2.45) is 0 Å². The van der Waals surface area contributed by atoms with Gasteiger partial charge in [0.1, 0.15) is 0 Å². The molecule has 0 saturated carbocycles. The number of aliphatic hydroxyl groups is 1. The van der Waals surface area contributed by atoms with E-state index in [1.807, 2.05) is 24.3 Å². The third-order valence-corrected chi connectivity index (χ3v) is 7.19. The molecular weight excluding hydrogens is 520 g/mol. The molecule has 0 atom stereocenters. The summed E-state index contributed by atoms with van der Waals surface area (Å²) in [7, 11) is 0. The Morgan fingerprint density at radius 3 is 2.23 bits per heavy atom. The van der Waals surface area contributed by atoms with Crippen molar-refractivity contribution < 1.29 is 23.0 Å². The lowest BCUT2D eigenvalue weighted by molar-refractivity contribution is -0.137. The second kappa shape index (κ2) is 13.9. The van der Waals surface area contributed by atoms with E-state index in [-0.39, 0.29) is 31.4 Å². The molecular formula is C25H31Cl2F3N2O2S. The van der Waals surface area contributed by atoms with E-state index in [9.17, 15) is 13.2 Å². The summed E-state index contributed by atoms with van der Waals surface area (Å²) in [6, 6.07) is 12.0. The number of ether oxygens (including phenoxy) is 1. The molecule has 4 nitrogen and oxygen atoms in total. The molecule has 35 heavy (non-hydrogen) atoms. The predicted molar refractivity (Wildman–Crippen MR) is 139 cm³/mol. The normalized spacial score (nSPS) is 17.3. The Kier molecular flexibility index (Phi) is 11.9. The van der Waals surface area contributed by atoms with Gasteiger partial charge in [0, 0.05) is 49.1 Å². The minimum Gasteiger partial charge on any atom is -0.394 e. The molecule has 2 aromatic carbocycles. The SMILES string of the molecule is Cl.Cl.OCCOCCN1CCN(CCC=C2c3ccccc3Sc3ccc(C(F)(F)F)cc32)CC1. The van der Waals surface area contributed by atoms with Gasteiger partial charge in [-0.3, -0.25) is 4.90 Å². The van der Waals surface area contributed by atoms with Gasteiger partial charge in [0.15, 0.2) is 0 Å². The van der Waals surface area contributed by atoms with Crippen LogP contribution in [0.5, 0.6) is 0 Å². The molecule has 2 heterocycles. The Hall–Kier alpha value is -1.26. The predicted octanol–water partition coefficient (Wildman–Crippen LogP) is 5.46. The second-order valence-corrected chi connectivity index (χ2v) is 9.32. The molecule has 1 fully saturated rings. The Morgan fingerprint density at radius 2 is 1.54 bits per heavy atom. The van der Waals surface area contributed by atoms with Crippen LogP contribution in [-0.2, 0) is 10.9 Å². The molecule has 10 heteroatoms. The molecule has 0 bridgehead atoms. The molecule has 0 spiro atoms. The standard InChI is InChI=1S/C25H29F3N2O2S.2ClH/c26-25(27,28)19-7-8-24-22(18-19)20(21-4-1-2-6-23(21)33-24)5-3-9-29-10-12-30(13-11-29)14-16-32-17-15-31;;/h1-2,4-8,18,31H,3,9-17H2;2*1H. The first-order valence-corrected chi connectivity index (χ1v) is 12.1. The molecule has 0 unspecified atom stereocenters. The maximum Gasteiger partial charge on any atom is 0.416 e. The molecule has 0 aliphatic carbocycles. The average molecular weight is 552 g/mol. The smallest absolute Gasteiger partial charge is 0.394 e. The maximum absolute atomic E-state index is 13.4. The lowest BCUT2D eigenvalue weighted by Gasteiger charge is -2.34. The third kappa shape index (κ3) is 7.86. The zero-order chi connectivity index (χ0) is 23.3. The van der Waals surface area contributed by atoms with Crippen LogP contribution < -0.4 is 0 Å². The van der Waals surface area contributed by atoms with Gasteiger partial charge in [0.25, 0.3) is 0 Å². The quantitative estimate of drug-likeness (QED) is 0.377. The fourth-order valence-corrected chi connectivity index (χ4v) is 5.34. The number of aliphatic hydroxyl groups excluding tert-OH is 1. The minimum absolute atomic E-state index is 0. The highest BCUT2D eigenvalue weighted by Gasteiger charge is 2.32. The maximum atomic E-state index is 13.4. The van der Waals surface area contributed by atoms with Gasteiger partial charge >= 0.3 is 6.18 Å². The highest BCUT2D eigenvalue weighted by Crippen LogP contribution is 2.47. The molecule has 1 saturated heterocycles. The summed E-state index contributed by atoms with van der Waals surface area (Å²) in [5, 5.41) is 8.77. The number of benzene rings is 2. The first-order chi connectivity index (χ1) is 16.0. The zero-order valence-electron chi connectivity index (χ0n) is 19.3. The van der Waals surface area contributed by atoms with Crippen molar-refractivity contribution >= 4 is 42.1 Å². The van der Waals surface area contributed by atoms with Gasteiger partial charge in [-0.25, -0.2) is 0 Å². The van der Waals surface area contributed by atoms with E-state index in [0.717, 1.165) is 66.6 Å². The lowest BCUT2D eigenvalue weighted by Crippen LogP contribution is -2.47. The number of alkyl halides is 3. The molecule has 0 radical (unpaired) electrons. The summed E-state index contributed by atoms with van der Waals surface area (Å²) in [5.41, 5.74) is 1.96. The summed E-state index contributed by atoms with van der Waals surface area (Å²) in [4.78, 5) is 6.70. The molecule has 2 aromatic rings. The van der Waals surface area contributed by atoms with Crippen molar-refractivity contribution in [3.63, 3.8) is 0 Å². The number of piperazine rings is 1. The van der Waals surface area contributed by atoms with Crippen LogP contribution in [0.2, 0.25) is 0 Å². The van der Waals surface area contributed by atoms with E-state index in [4.69, 9.17) is 9.84 Å². The van der Waals surface area contributed by atoms with Crippen LogP contribution >= 0.6 is 36.6 Å². The topological polar surface area (TPSA) is 35.9 Å². The monoisotopic (exact) mass is 550 g/mol. The fraction of sp³-hybridized carbons (Fsp3) is 0.440. The van der Waals surface area contributed by atoms with E-state index in [1.54, 1.807) is 6.07 Å². The largest absolute Gasteiger partial charge is 0.416 e. The highest BCUT2D eigenvalue weighted by molar-refractivity contribution is 7.99.